The highest BCUT2D eigenvalue weighted by Crippen LogP contribution is 2.22. The van der Waals surface area contributed by atoms with E-state index in [-0.39, 0.29) is 6.04 Å². The zero-order valence-corrected chi connectivity index (χ0v) is 16.1. The monoisotopic (exact) mass is 374 g/mol. The van der Waals surface area contributed by atoms with Gasteiger partial charge in [0, 0.05) is 25.1 Å². The van der Waals surface area contributed by atoms with Crippen molar-refractivity contribution in [1.29, 1.82) is 0 Å². The van der Waals surface area contributed by atoms with Gasteiger partial charge in [-0.05, 0) is 65.1 Å². The summed E-state index contributed by atoms with van der Waals surface area (Å²) in [6.07, 6.45) is 6.58. The largest absolute Gasteiger partial charge is 0.304 e. The fourth-order valence-electron chi connectivity index (χ4n) is 3.30. The average Bonchev–Trinajstić information content (AvgIpc) is 3.40. The molecular formula is C22H22N4S. The van der Waals surface area contributed by atoms with Crippen molar-refractivity contribution in [2.24, 2.45) is 0 Å². The predicted molar refractivity (Wildman–Crippen MR) is 110 cm³/mol. The normalized spacial score (nSPS) is 12.2. The first kappa shape index (κ1) is 17.6. The van der Waals surface area contributed by atoms with Crippen LogP contribution in [-0.4, -0.2) is 14.8 Å². The molecule has 0 spiro atoms. The number of hydrogen-bond donors (Lipinski definition) is 1. The quantitative estimate of drug-likeness (QED) is 0.509. The summed E-state index contributed by atoms with van der Waals surface area (Å²) in [6.45, 7) is 2.88. The van der Waals surface area contributed by atoms with Crippen LogP contribution >= 0.6 is 11.3 Å². The van der Waals surface area contributed by atoms with Crippen molar-refractivity contribution in [2.45, 2.75) is 25.9 Å². The number of hydrogen-bond acceptors (Lipinski definition) is 4. The van der Waals surface area contributed by atoms with Gasteiger partial charge >= 0.3 is 0 Å². The molecule has 4 rings (SSSR count). The van der Waals surface area contributed by atoms with E-state index in [1.54, 1.807) is 17.5 Å². The molecular weight excluding hydrogens is 352 g/mol. The molecule has 1 unspecified atom stereocenters. The second-order valence-electron chi connectivity index (χ2n) is 6.55. The molecule has 3 aromatic heterocycles. The van der Waals surface area contributed by atoms with Crippen LogP contribution < -0.4 is 5.32 Å². The highest BCUT2D eigenvalue weighted by Gasteiger charge is 2.17. The Morgan fingerprint density at radius 3 is 2.78 bits per heavy atom. The molecule has 0 aliphatic carbocycles. The zero-order chi connectivity index (χ0) is 18.5. The third-order valence-electron chi connectivity index (χ3n) is 4.68. The van der Waals surface area contributed by atoms with Gasteiger partial charge in [-0.25, -0.2) is 4.68 Å². The molecule has 0 aliphatic rings. The van der Waals surface area contributed by atoms with Crippen LogP contribution in [0.3, 0.4) is 0 Å². The minimum Gasteiger partial charge on any atom is -0.304 e. The Balaban J connectivity index is 1.59. The van der Waals surface area contributed by atoms with Gasteiger partial charge in [-0.15, -0.1) is 0 Å². The number of para-hydroxylation sites is 1. The van der Waals surface area contributed by atoms with E-state index < -0.39 is 0 Å². The topological polar surface area (TPSA) is 42.7 Å². The van der Waals surface area contributed by atoms with E-state index in [4.69, 9.17) is 0 Å². The summed E-state index contributed by atoms with van der Waals surface area (Å²) in [5, 5.41) is 12.5. The van der Waals surface area contributed by atoms with Gasteiger partial charge in [-0.2, -0.15) is 16.4 Å². The number of pyridine rings is 1. The molecule has 3 heterocycles. The van der Waals surface area contributed by atoms with E-state index in [1.807, 2.05) is 35.3 Å². The Hall–Kier alpha value is -2.76. The second kappa shape index (κ2) is 8.29. The van der Waals surface area contributed by atoms with Crippen molar-refractivity contribution in [1.82, 2.24) is 20.1 Å². The number of thiophene rings is 1. The Kier molecular flexibility index (Phi) is 5.42. The molecule has 136 valence electrons. The Morgan fingerprint density at radius 1 is 1.07 bits per heavy atom. The third kappa shape index (κ3) is 4.15. The fourth-order valence-corrected chi connectivity index (χ4v) is 3.98. The average molecular weight is 375 g/mol. The van der Waals surface area contributed by atoms with Gasteiger partial charge in [0.2, 0.25) is 0 Å². The molecule has 0 aliphatic heterocycles. The van der Waals surface area contributed by atoms with Crippen LogP contribution in [0.25, 0.3) is 5.69 Å². The minimum absolute atomic E-state index is 0.159. The molecule has 27 heavy (non-hydrogen) atoms. The Morgan fingerprint density at radius 2 is 2.00 bits per heavy atom. The zero-order valence-electron chi connectivity index (χ0n) is 15.2. The fraction of sp³-hybridized carbons (Fsp3) is 0.182. The summed E-state index contributed by atoms with van der Waals surface area (Å²) in [4.78, 5) is 4.67. The first-order valence-corrected chi connectivity index (χ1v) is 9.99. The van der Waals surface area contributed by atoms with Gasteiger partial charge < -0.3 is 5.32 Å². The van der Waals surface area contributed by atoms with E-state index in [1.165, 1.54) is 16.7 Å². The number of nitrogens with one attached hydrogen (secondary N) is 1. The maximum Gasteiger partial charge on any atom is 0.0690 e. The maximum absolute atomic E-state index is 4.67. The standard InChI is InChI=1S/C22H22N4S/c1-17-6-4-10-23-22(17)20(14-18-9-13-27-16-18)24-15-19-7-2-3-8-21(19)26-12-5-11-25-26/h2-13,16,20,24H,14-15H2,1H3. The third-order valence-corrected chi connectivity index (χ3v) is 5.41. The van der Waals surface area contributed by atoms with Crippen LogP contribution in [-0.2, 0) is 13.0 Å². The highest BCUT2D eigenvalue weighted by atomic mass is 32.1. The van der Waals surface area contributed by atoms with Crippen molar-refractivity contribution in [3.8, 4) is 5.69 Å². The van der Waals surface area contributed by atoms with Crippen molar-refractivity contribution >= 4 is 11.3 Å². The Bertz CT molecular complexity index is 977. The van der Waals surface area contributed by atoms with Crippen LogP contribution in [0.1, 0.15) is 28.4 Å². The van der Waals surface area contributed by atoms with Gasteiger partial charge in [0.15, 0.2) is 0 Å². The van der Waals surface area contributed by atoms with Gasteiger partial charge in [-0.3, -0.25) is 4.98 Å². The summed E-state index contributed by atoms with van der Waals surface area (Å²) in [7, 11) is 0. The van der Waals surface area contributed by atoms with Gasteiger partial charge in [-0.1, -0.05) is 24.3 Å². The van der Waals surface area contributed by atoms with Crippen LogP contribution in [0.15, 0.2) is 77.9 Å². The Labute approximate surface area is 163 Å². The number of nitrogens with zero attached hydrogens (tertiary/aromatic N) is 3. The summed E-state index contributed by atoms with van der Waals surface area (Å²) >= 11 is 1.74. The molecule has 0 bridgehead atoms. The van der Waals surface area contributed by atoms with Gasteiger partial charge in [0.25, 0.3) is 0 Å². The van der Waals surface area contributed by atoms with E-state index >= 15 is 0 Å². The molecule has 0 radical (unpaired) electrons. The summed E-state index contributed by atoms with van der Waals surface area (Å²) in [6, 6.07) is 16.8. The number of rotatable bonds is 7. The molecule has 4 nitrogen and oxygen atoms in total. The number of benzene rings is 1. The lowest BCUT2D eigenvalue weighted by molar-refractivity contribution is 0.515. The van der Waals surface area contributed by atoms with Crippen LogP contribution in [0.4, 0.5) is 0 Å². The smallest absolute Gasteiger partial charge is 0.0690 e. The van der Waals surface area contributed by atoms with Crippen molar-refractivity contribution in [3.63, 3.8) is 0 Å². The molecule has 1 aromatic carbocycles. The molecule has 0 saturated carbocycles. The SMILES string of the molecule is Cc1cccnc1C(Cc1ccsc1)NCc1ccccc1-n1cccn1. The molecule has 0 amide bonds. The van der Waals surface area contributed by atoms with Crippen molar-refractivity contribution < 1.29 is 0 Å². The lowest BCUT2D eigenvalue weighted by Crippen LogP contribution is -2.25. The first-order valence-electron chi connectivity index (χ1n) is 9.05. The number of aromatic nitrogens is 3. The lowest BCUT2D eigenvalue weighted by atomic mass is 10.0. The van der Waals surface area contributed by atoms with Crippen LogP contribution in [0.5, 0.6) is 0 Å². The highest BCUT2D eigenvalue weighted by molar-refractivity contribution is 7.07. The molecule has 0 saturated heterocycles. The molecule has 1 N–H and O–H groups in total. The van der Waals surface area contributed by atoms with Gasteiger partial charge in [0.05, 0.1) is 17.4 Å². The van der Waals surface area contributed by atoms with Crippen molar-refractivity contribution in [2.75, 3.05) is 0 Å². The van der Waals surface area contributed by atoms with Crippen LogP contribution in [0, 0.1) is 6.92 Å². The molecule has 4 aromatic rings. The summed E-state index contributed by atoms with van der Waals surface area (Å²) in [5.41, 5.74) is 5.97. The first-order chi connectivity index (χ1) is 13.3. The second-order valence-corrected chi connectivity index (χ2v) is 7.33. The van der Waals surface area contributed by atoms with Crippen LogP contribution in [0.2, 0.25) is 0 Å². The molecule has 1 atom stereocenters. The van der Waals surface area contributed by atoms with E-state index in [0.29, 0.717) is 0 Å². The lowest BCUT2D eigenvalue weighted by Gasteiger charge is -2.21. The van der Waals surface area contributed by atoms with E-state index in [0.717, 1.165) is 24.3 Å². The van der Waals surface area contributed by atoms with E-state index in [9.17, 15) is 0 Å². The van der Waals surface area contributed by atoms with Crippen molar-refractivity contribution in [3.05, 3.63) is 100 Å². The molecule has 0 fully saturated rings. The van der Waals surface area contributed by atoms with Gasteiger partial charge in [0.1, 0.15) is 0 Å². The maximum atomic E-state index is 4.67. The van der Waals surface area contributed by atoms with E-state index in [2.05, 4.69) is 63.4 Å². The summed E-state index contributed by atoms with van der Waals surface area (Å²) < 4.78 is 1.91. The number of aryl methyl sites for hydroxylation is 1. The molecule has 5 heteroatoms. The summed E-state index contributed by atoms with van der Waals surface area (Å²) in [5.74, 6) is 0. The minimum atomic E-state index is 0.159. The predicted octanol–water partition coefficient (Wildman–Crippen LogP) is 4.71.